The van der Waals surface area contributed by atoms with E-state index in [-0.39, 0.29) is 12.5 Å². The Kier molecular flexibility index (Phi) is 6.67. The molecule has 2 aromatic carbocycles. The Morgan fingerprint density at radius 3 is 2.28 bits per heavy atom. The third-order valence-corrected chi connectivity index (χ3v) is 5.87. The summed E-state index contributed by atoms with van der Waals surface area (Å²) in [7, 11) is 1.48. The molecule has 1 aliphatic heterocycles. The third-order valence-electron chi connectivity index (χ3n) is 5.13. The van der Waals surface area contributed by atoms with E-state index in [1.165, 1.54) is 11.9 Å². The second-order valence-electron chi connectivity index (χ2n) is 6.95. The Labute approximate surface area is 179 Å². The number of hydrogen-bond acceptors (Lipinski definition) is 4. The molecule has 1 fully saturated rings. The number of carbonyl (C=O) groups excluding carboxylic acids is 2. The fourth-order valence-corrected chi connectivity index (χ4v) is 3.59. The highest BCUT2D eigenvalue weighted by Crippen LogP contribution is 2.35. The Hall–Kier alpha value is -2.28. The summed E-state index contributed by atoms with van der Waals surface area (Å²) in [4.78, 5) is 24.7. The second kappa shape index (κ2) is 9.03. The quantitative estimate of drug-likeness (QED) is 0.762. The van der Waals surface area contributed by atoms with Crippen molar-refractivity contribution in [1.82, 2.24) is 10.2 Å². The smallest absolute Gasteiger partial charge is 0.410 e. The van der Waals surface area contributed by atoms with Crippen LogP contribution in [0.25, 0.3) is 11.1 Å². The molecule has 0 radical (unpaired) electrons. The minimum atomic E-state index is -1.02. The van der Waals surface area contributed by atoms with Gasteiger partial charge in [-0.25, -0.2) is 4.79 Å². The SMILES string of the molecule is CNC(=O)COC(=O)N1CCC(O)(c2ccc(-c3ccc(Cl)c(Cl)c3)cc2)CC1. The minimum Gasteiger partial charge on any atom is -0.439 e. The zero-order valence-corrected chi connectivity index (χ0v) is 17.5. The number of likely N-dealkylation sites (tertiary alicyclic amines) is 1. The number of halogens is 2. The van der Waals surface area contributed by atoms with Crippen molar-refractivity contribution in [3.8, 4) is 11.1 Å². The van der Waals surface area contributed by atoms with Crippen LogP contribution in [0, 0.1) is 0 Å². The van der Waals surface area contributed by atoms with Gasteiger partial charge in [-0.15, -0.1) is 0 Å². The molecule has 0 spiro atoms. The van der Waals surface area contributed by atoms with Crippen molar-refractivity contribution in [2.24, 2.45) is 0 Å². The molecule has 3 rings (SSSR count). The van der Waals surface area contributed by atoms with Gasteiger partial charge < -0.3 is 20.1 Å². The molecule has 1 aliphatic rings. The van der Waals surface area contributed by atoms with Crippen molar-refractivity contribution < 1.29 is 19.4 Å². The first-order valence-electron chi connectivity index (χ1n) is 9.23. The monoisotopic (exact) mass is 436 g/mol. The van der Waals surface area contributed by atoms with E-state index >= 15 is 0 Å². The van der Waals surface area contributed by atoms with Gasteiger partial charge in [0.25, 0.3) is 5.91 Å². The molecule has 0 bridgehead atoms. The van der Waals surface area contributed by atoms with E-state index in [1.807, 2.05) is 30.3 Å². The van der Waals surface area contributed by atoms with Crippen LogP contribution < -0.4 is 5.32 Å². The van der Waals surface area contributed by atoms with E-state index in [0.29, 0.717) is 36.0 Å². The number of rotatable bonds is 4. The molecule has 154 valence electrons. The summed E-state index contributed by atoms with van der Waals surface area (Å²) in [5, 5.41) is 14.4. The van der Waals surface area contributed by atoms with Gasteiger partial charge in [0.2, 0.25) is 0 Å². The van der Waals surface area contributed by atoms with Gasteiger partial charge in [-0.2, -0.15) is 0 Å². The number of ether oxygens (including phenoxy) is 1. The van der Waals surface area contributed by atoms with Crippen LogP contribution in [0.5, 0.6) is 0 Å². The van der Waals surface area contributed by atoms with Crippen LogP contribution in [0.1, 0.15) is 18.4 Å². The topological polar surface area (TPSA) is 78.9 Å². The summed E-state index contributed by atoms with van der Waals surface area (Å²) in [6.07, 6.45) is 0.216. The molecule has 2 N–H and O–H groups in total. The van der Waals surface area contributed by atoms with Gasteiger partial charge in [-0.3, -0.25) is 4.79 Å². The summed E-state index contributed by atoms with van der Waals surface area (Å²) in [5.41, 5.74) is 1.67. The summed E-state index contributed by atoms with van der Waals surface area (Å²) in [6.45, 7) is 0.377. The van der Waals surface area contributed by atoms with Crippen LogP contribution in [-0.4, -0.2) is 48.8 Å². The number of carbonyl (C=O) groups is 2. The van der Waals surface area contributed by atoms with Crippen LogP contribution in [-0.2, 0) is 15.1 Å². The van der Waals surface area contributed by atoms with Gasteiger partial charge in [-0.05, 0) is 41.7 Å². The standard InChI is InChI=1S/C21H22Cl2N2O4/c1-24-19(26)13-29-20(27)25-10-8-21(28,9-11-25)16-5-2-14(3-6-16)15-4-7-17(22)18(23)12-15/h2-7,12,28H,8-11,13H2,1H3,(H,24,26). The van der Waals surface area contributed by atoms with Crippen LogP contribution in [0.2, 0.25) is 10.0 Å². The van der Waals surface area contributed by atoms with Crippen molar-refractivity contribution in [2.45, 2.75) is 18.4 Å². The molecule has 0 saturated carbocycles. The number of amides is 2. The van der Waals surface area contributed by atoms with Gasteiger partial charge in [0.05, 0.1) is 15.6 Å². The van der Waals surface area contributed by atoms with Gasteiger partial charge >= 0.3 is 6.09 Å². The van der Waals surface area contributed by atoms with Gasteiger partial charge in [-0.1, -0.05) is 53.5 Å². The average Bonchev–Trinajstić information content (AvgIpc) is 2.74. The van der Waals surface area contributed by atoms with E-state index in [2.05, 4.69) is 5.32 Å². The minimum absolute atomic E-state index is 0.313. The Morgan fingerprint density at radius 1 is 1.07 bits per heavy atom. The molecule has 29 heavy (non-hydrogen) atoms. The number of likely N-dealkylation sites (N-methyl/N-ethyl adjacent to an activating group) is 1. The molecule has 1 saturated heterocycles. The van der Waals surface area contributed by atoms with Crippen LogP contribution in [0.4, 0.5) is 4.79 Å². The normalized spacial score (nSPS) is 15.7. The molecule has 0 aliphatic carbocycles. The average molecular weight is 437 g/mol. The van der Waals surface area contributed by atoms with Crippen LogP contribution >= 0.6 is 23.2 Å². The zero-order chi connectivity index (χ0) is 21.0. The summed E-state index contributed by atoms with van der Waals surface area (Å²) in [6, 6.07) is 13.1. The highest BCUT2D eigenvalue weighted by atomic mass is 35.5. The number of nitrogens with zero attached hydrogens (tertiary/aromatic N) is 1. The maximum atomic E-state index is 12.0. The predicted octanol–water partition coefficient (Wildman–Crippen LogP) is 3.83. The lowest BCUT2D eigenvalue weighted by atomic mass is 9.84. The highest BCUT2D eigenvalue weighted by molar-refractivity contribution is 6.42. The molecule has 0 unspecified atom stereocenters. The number of piperidine rings is 1. The predicted molar refractivity (Wildman–Crippen MR) is 112 cm³/mol. The van der Waals surface area contributed by atoms with Crippen molar-refractivity contribution in [1.29, 1.82) is 0 Å². The molecular weight excluding hydrogens is 415 g/mol. The molecule has 2 amide bonds. The molecule has 8 heteroatoms. The zero-order valence-electron chi connectivity index (χ0n) is 16.0. The van der Waals surface area contributed by atoms with Crippen molar-refractivity contribution in [3.63, 3.8) is 0 Å². The van der Waals surface area contributed by atoms with Crippen molar-refractivity contribution in [2.75, 3.05) is 26.7 Å². The Bertz CT molecular complexity index is 894. The maximum absolute atomic E-state index is 12.0. The first kappa shape index (κ1) is 21.4. The van der Waals surface area contributed by atoms with E-state index in [1.54, 1.807) is 12.1 Å². The molecule has 6 nitrogen and oxygen atoms in total. The van der Waals surface area contributed by atoms with Crippen molar-refractivity contribution in [3.05, 3.63) is 58.1 Å². The Balaban J connectivity index is 1.63. The molecule has 1 heterocycles. The fourth-order valence-electron chi connectivity index (χ4n) is 3.29. The fraction of sp³-hybridized carbons (Fsp3) is 0.333. The van der Waals surface area contributed by atoms with Gasteiger partial charge in [0, 0.05) is 20.1 Å². The number of benzene rings is 2. The number of aliphatic hydroxyl groups is 1. The van der Waals surface area contributed by atoms with E-state index < -0.39 is 11.7 Å². The summed E-state index contributed by atoms with van der Waals surface area (Å²) >= 11 is 12.1. The van der Waals surface area contributed by atoms with E-state index in [0.717, 1.165) is 16.7 Å². The Morgan fingerprint density at radius 2 is 1.69 bits per heavy atom. The largest absolute Gasteiger partial charge is 0.439 e. The van der Waals surface area contributed by atoms with Gasteiger partial charge in [0.15, 0.2) is 6.61 Å². The summed E-state index contributed by atoms with van der Waals surface area (Å²) < 4.78 is 4.96. The molecule has 0 aromatic heterocycles. The van der Waals surface area contributed by atoms with Gasteiger partial charge in [0.1, 0.15) is 0 Å². The maximum Gasteiger partial charge on any atom is 0.410 e. The van der Waals surface area contributed by atoms with Crippen LogP contribution in [0.3, 0.4) is 0 Å². The lowest BCUT2D eigenvalue weighted by Crippen LogP contribution is -2.45. The first-order chi connectivity index (χ1) is 13.8. The second-order valence-corrected chi connectivity index (χ2v) is 7.77. The summed E-state index contributed by atoms with van der Waals surface area (Å²) in [5.74, 6) is -0.367. The molecular formula is C21H22Cl2N2O4. The number of hydrogen-bond donors (Lipinski definition) is 2. The van der Waals surface area contributed by atoms with E-state index in [9.17, 15) is 14.7 Å². The molecule has 0 atom stereocenters. The third kappa shape index (κ3) is 5.01. The van der Waals surface area contributed by atoms with Crippen LogP contribution in [0.15, 0.2) is 42.5 Å². The lowest BCUT2D eigenvalue weighted by Gasteiger charge is -2.38. The van der Waals surface area contributed by atoms with Crippen molar-refractivity contribution >= 4 is 35.2 Å². The van der Waals surface area contributed by atoms with E-state index in [4.69, 9.17) is 27.9 Å². The lowest BCUT2D eigenvalue weighted by molar-refractivity contribution is -0.124. The highest BCUT2D eigenvalue weighted by Gasteiger charge is 2.36. The first-order valence-corrected chi connectivity index (χ1v) is 9.98. The number of nitrogens with one attached hydrogen (secondary N) is 1. The molecule has 2 aromatic rings.